The van der Waals surface area contributed by atoms with Gasteiger partial charge in [0.1, 0.15) is 11.4 Å². The number of hydrogen-bond donors (Lipinski definition) is 1. The largest absolute Gasteiger partial charge is 0.495 e. The maximum atomic E-state index is 11.7. The molecule has 0 radical (unpaired) electrons. The molecule has 0 saturated carbocycles. The third-order valence-corrected chi connectivity index (χ3v) is 3.65. The topological polar surface area (TPSA) is 50.8 Å². The minimum absolute atomic E-state index is 0.344. The van der Waals surface area contributed by atoms with Crippen LogP contribution in [-0.2, 0) is 4.74 Å². The minimum atomic E-state index is -0.455. The van der Waals surface area contributed by atoms with Crippen LogP contribution in [0.1, 0.15) is 27.2 Å². The SMILES string of the molecule is COc1ccccc1N1CCC(CNC(=O)OC(C)(C)C)C1. The summed E-state index contributed by atoms with van der Waals surface area (Å²) in [6.45, 7) is 8.13. The van der Waals surface area contributed by atoms with Gasteiger partial charge in [-0.25, -0.2) is 4.79 Å². The van der Waals surface area contributed by atoms with Crippen molar-refractivity contribution in [3.8, 4) is 5.75 Å². The van der Waals surface area contributed by atoms with Crippen molar-refractivity contribution in [3.63, 3.8) is 0 Å². The van der Waals surface area contributed by atoms with Gasteiger partial charge in [0, 0.05) is 19.6 Å². The Kier molecular flexibility index (Phi) is 5.16. The highest BCUT2D eigenvalue weighted by Gasteiger charge is 2.25. The van der Waals surface area contributed by atoms with Crippen LogP contribution in [0.4, 0.5) is 10.5 Å². The quantitative estimate of drug-likeness (QED) is 0.929. The number of rotatable bonds is 4. The molecule has 0 spiro atoms. The van der Waals surface area contributed by atoms with Crippen LogP contribution in [0.2, 0.25) is 0 Å². The lowest BCUT2D eigenvalue weighted by Gasteiger charge is -2.22. The smallest absolute Gasteiger partial charge is 0.407 e. The molecule has 1 saturated heterocycles. The Balaban J connectivity index is 1.84. The van der Waals surface area contributed by atoms with Crippen molar-refractivity contribution in [2.24, 2.45) is 5.92 Å². The molecule has 122 valence electrons. The molecule has 1 aliphatic rings. The summed E-state index contributed by atoms with van der Waals surface area (Å²) in [5.74, 6) is 1.32. The van der Waals surface area contributed by atoms with E-state index in [1.165, 1.54) is 0 Å². The number of alkyl carbamates (subject to hydrolysis) is 1. The fourth-order valence-electron chi connectivity index (χ4n) is 2.65. The van der Waals surface area contributed by atoms with Crippen LogP contribution in [0.25, 0.3) is 0 Å². The Morgan fingerprint density at radius 1 is 1.36 bits per heavy atom. The molecule has 1 aromatic carbocycles. The van der Waals surface area contributed by atoms with Crippen molar-refractivity contribution < 1.29 is 14.3 Å². The Labute approximate surface area is 132 Å². The van der Waals surface area contributed by atoms with Gasteiger partial charge in [0.25, 0.3) is 0 Å². The molecule has 2 rings (SSSR count). The molecule has 1 aliphatic heterocycles. The molecular formula is C17H26N2O3. The lowest BCUT2D eigenvalue weighted by molar-refractivity contribution is 0.0520. The van der Waals surface area contributed by atoms with Crippen LogP contribution in [0.3, 0.4) is 0 Å². The molecule has 0 aliphatic carbocycles. The predicted octanol–water partition coefficient (Wildman–Crippen LogP) is 3.05. The lowest BCUT2D eigenvalue weighted by Crippen LogP contribution is -2.36. The number of benzene rings is 1. The molecule has 1 atom stereocenters. The van der Waals surface area contributed by atoms with Gasteiger partial charge in [-0.2, -0.15) is 0 Å². The Bertz CT molecular complexity index is 511. The van der Waals surface area contributed by atoms with Gasteiger partial charge in [-0.05, 0) is 45.2 Å². The molecule has 1 heterocycles. The molecule has 1 amide bonds. The van der Waals surface area contributed by atoms with E-state index >= 15 is 0 Å². The number of para-hydroxylation sites is 2. The van der Waals surface area contributed by atoms with Crippen molar-refractivity contribution in [1.29, 1.82) is 0 Å². The number of nitrogens with one attached hydrogen (secondary N) is 1. The van der Waals surface area contributed by atoms with Crippen LogP contribution in [0.15, 0.2) is 24.3 Å². The van der Waals surface area contributed by atoms with E-state index in [1.807, 2.05) is 39.0 Å². The van der Waals surface area contributed by atoms with Crippen LogP contribution < -0.4 is 15.0 Å². The second-order valence-electron chi connectivity index (χ2n) is 6.66. The van der Waals surface area contributed by atoms with Crippen LogP contribution in [0.5, 0.6) is 5.75 Å². The normalized spacial score (nSPS) is 18.2. The predicted molar refractivity (Wildman–Crippen MR) is 87.6 cm³/mol. The van der Waals surface area contributed by atoms with E-state index in [9.17, 15) is 4.79 Å². The van der Waals surface area contributed by atoms with Gasteiger partial charge in [-0.15, -0.1) is 0 Å². The van der Waals surface area contributed by atoms with Crippen LogP contribution in [-0.4, -0.2) is 38.4 Å². The Morgan fingerprint density at radius 2 is 2.09 bits per heavy atom. The summed E-state index contributed by atoms with van der Waals surface area (Å²) in [5, 5.41) is 2.86. The molecule has 5 heteroatoms. The van der Waals surface area contributed by atoms with Gasteiger partial charge < -0.3 is 19.7 Å². The number of carbonyl (C=O) groups excluding carboxylic acids is 1. The Morgan fingerprint density at radius 3 is 2.77 bits per heavy atom. The zero-order valence-electron chi connectivity index (χ0n) is 13.9. The van der Waals surface area contributed by atoms with Crippen LogP contribution in [0, 0.1) is 5.92 Å². The first-order valence-electron chi connectivity index (χ1n) is 7.74. The monoisotopic (exact) mass is 306 g/mol. The lowest BCUT2D eigenvalue weighted by atomic mass is 10.1. The van der Waals surface area contributed by atoms with Crippen molar-refractivity contribution in [3.05, 3.63) is 24.3 Å². The maximum Gasteiger partial charge on any atom is 0.407 e. The van der Waals surface area contributed by atoms with Gasteiger partial charge in [-0.3, -0.25) is 0 Å². The number of anilines is 1. The molecule has 1 N–H and O–H groups in total. The third-order valence-electron chi connectivity index (χ3n) is 3.65. The summed E-state index contributed by atoms with van der Waals surface area (Å²) < 4.78 is 10.7. The summed E-state index contributed by atoms with van der Waals surface area (Å²) >= 11 is 0. The van der Waals surface area contributed by atoms with Crippen molar-refractivity contribution in [2.75, 3.05) is 31.6 Å². The highest BCUT2D eigenvalue weighted by Crippen LogP contribution is 2.31. The Hall–Kier alpha value is -1.91. The summed E-state index contributed by atoms with van der Waals surface area (Å²) in [6.07, 6.45) is 0.705. The summed E-state index contributed by atoms with van der Waals surface area (Å²) in [6, 6.07) is 8.04. The van der Waals surface area contributed by atoms with Crippen molar-refractivity contribution >= 4 is 11.8 Å². The van der Waals surface area contributed by atoms with Gasteiger partial charge in [-0.1, -0.05) is 12.1 Å². The number of hydrogen-bond acceptors (Lipinski definition) is 4. The van der Waals surface area contributed by atoms with Gasteiger partial charge in [0.15, 0.2) is 0 Å². The second-order valence-corrected chi connectivity index (χ2v) is 6.66. The highest BCUT2D eigenvalue weighted by atomic mass is 16.6. The number of amides is 1. The summed E-state index contributed by atoms with van der Waals surface area (Å²) in [5.41, 5.74) is 0.660. The van der Waals surface area contributed by atoms with E-state index in [2.05, 4.69) is 16.3 Å². The molecule has 5 nitrogen and oxygen atoms in total. The number of methoxy groups -OCH3 is 1. The average Bonchev–Trinajstić information content (AvgIpc) is 2.92. The van der Waals surface area contributed by atoms with Gasteiger partial charge >= 0.3 is 6.09 Å². The van der Waals surface area contributed by atoms with Gasteiger partial charge in [0.05, 0.1) is 12.8 Å². The first-order valence-corrected chi connectivity index (χ1v) is 7.74. The number of ether oxygens (including phenoxy) is 2. The van der Waals surface area contributed by atoms with Crippen molar-refractivity contribution in [2.45, 2.75) is 32.8 Å². The van der Waals surface area contributed by atoms with E-state index in [4.69, 9.17) is 9.47 Å². The fraction of sp³-hybridized carbons (Fsp3) is 0.588. The first kappa shape index (κ1) is 16.5. The summed E-state index contributed by atoms with van der Waals surface area (Å²) in [4.78, 5) is 14.0. The first-order chi connectivity index (χ1) is 10.4. The molecule has 0 aromatic heterocycles. The number of carbonyl (C=O) groups is 1. The van der Waals surface area contributed by atoms with E-state index < -0.39 is 5.60 Å². The second kappa shape index (κ2) is 6.90. The minimum Gasteiger partial charge on any atom is -0.495 e. The van der Waals surface area contributed by atoms with E-state index in [0.717, 1.165) is 30.9 Å². The molecule has 1 unspecified atom stereocenters. The fourth-order valence-corrected chi connectivity index (χ4v) is 2.65. The third kappa shape index (κ3) is 4.55. The van der Waals surface area contributed by atoms with Crippen LogP contribution >= 0.6 is 0 Å². The molecule has 1 fully saturated rings. The van der Waals surface area contributed by atoms with E-state index in [0.29, 0.717) is 12.5 Å². The zero-order chi connectivity index (χ0) is 16.2. The molecule has 0 bridgehead atoms. The standard InChI is InChI=1S/C17H26N2O3/c1-17(2,3)22-16(20)18-11-13-9-10-19(12-13)14-7-5-6-8-15(14)21-4/h5-8,13H,9-12H2,1-4H3,(H,18,20). The highest BCUT2D eigenvalue weighted by molar-refractivity contribution is 5.67. The summed E-state index contributed by atoms with van der Waals surface area (Å²) in [7, 11) is 1.69. The van der Waals surface area contributed by atoms with E-state index in [-0.39, 0.29) is 6.09 Å². The average molecular weight is 306 g/mol. The molecule has 22 heavy (non-hydrogen) atoms. The molecule has 1 aromatic rings. The van der Waals surface area contributed by atoms with E-state index in [1.54, 1.807) is 7.11 Å². The number of nitrogens with zero attached hydrogens (tertiary/aromatic N) is 1. The van der Waals surface area contributed by atoms with Crippen molar-refractivity contribution in [1.82, 2.24) is 5.32 Å². The zero-order valence-corrected chi connectivity index (χ0v) is 13.9. The van der Waals surface area contributed by atoms with Gasteiger partial charge in [0.2, 0.25) is 0 Å². The molecular weight excluding hydrogens is 280 g/mol. The maximum absolute atomic E-state index is 11.7.